The summed E-state index contributed by atoms with van der Waals surface area (Å²) in [5.74, 6) is -0.414. The lowest BCUT2D eigenvalue weighted by molar-refractivity contribution is -0.143. The summed E-state index contributed by atoms with van der Waals surface area (Å²) in [6.45, 7) is 8.34. The lowest BCUT2D eigenvalue weighted by Gasteiger charge is -2.25. The molecular weight excluding hydrogens is 220 g/mol. The number of ether oxygens (including phenoxy) is 1. The smallest absolute Gasteiger partial charge is 0.305 e. The number of nitrogens with two attached hydrogens (primary N) is 1. The third-order valence-corrected chi connectivity index (χ3v) is 2.38. The lowest BCUT2D eigenvalue weighted by atomic mass is 9.87. The largest absolute Gasteiger partial charge is 0.466 e. The first-order chi connectivity index (χ1) is 7.79. The fourth-order valence-corrected chi connectivity index (χ4v) is 1.18. The van der Waals surface area contributed by atoms with Gasteiger partial charge in [-0.2, -0.15) is 0 Å². The van der Waals surface area contributed by atoms with E-state index in [0.29, 0.717) is 26.0 Å². The van der Waals surface area contributed by atoms with Gasteiger partial charge in [-0.3, -0.25) is 9.59 Å². The Hall–Kier alpha value is -1.10. The van der Waals surface area contributed by atoms with Crippen molar-refractivity contribution >= 4 is 11.9 Å². The van der Waals surface area contributed by atoms with E-state index in [0.717, 1.165) is 0 Å². The maximum Gasteiger partial charge on any atom is 0.305 e. The maximum absolute atomic E-state index is 11.6. The van der Waals surface area contributed by atoms with Gasteiger partial charge >= 0.3 is 5.97 Å². The molecule has 1 unspecified atom stereocenters. The average Bonchev–Trinajstić information content (AvgIpc) is 2.22. The zero-order valence-corrected chi connectivity index (χ0v) is 11.2. The molecule has 3 N–H and O–H groups in total. The van der Waals surface area contributed by atoms with Crippen molar-refractivity contribution in [1.29, 1.82) is 0 Å². The van der Waals surface area contributed by atoms with Crippen LogP contribution in [0.4, 0.5) is 0 Å². The summed E-state index contributed by atoms with van der Waals surface area (Å²) in [5, 5.41) is 2.71. The van der Waals surface area contributed by atoms with Gasteiger partial charge in [-0.25, -0.2) is 0 Å². The van der Waals surface area contributed by atoms with Crippen molar-refractivity contribution in [1.82, 2.24) is 5.32 Å². The van der Waals surface area contributed by atoms with Crippen LogP contribution in [0, 0.1) is 5.41 Å². The van der Waals surface area contributed by atoms with Crippen LogP contribution in [-0.2, 0) is 14.3 Å². The number of carbonyl (C=O) groups is 2. The Morgan fingerprint density at radius 3 is 2.41 bits per heavy atom. The maximum atomic E-state index is 11.6. The molecule has 1 amide bonds. The highest BCUT2D eigenvalue weighted by Gasteiger charge is 2.26. The Morgan fingerprint density at radius 2 is 1.94 bits per heavy atom. The molecule has 5 heteroatoms. The summed E-state index contributed by atoms with van der Waals surface area (Å²) in [5.41, 5.74) is 5.52. The number of esters is 1. The summed E-state index contributed by atoms with van der Waals surface area (Å²) >= 11 is 0. The number of nitrogens with one attached hydrogen (secondary N) is 1. The second kappa shape index (κ2) is 7.27. The van der Waals surface area contributed by atoms with Crippen LogP contribution in [0.3, 0.4) is 0 Å². The molecule has 0 bridgehead atoms. The van der Waals surface area contributed by atoms with Gasteiger partial charge < -0.3 is 15.8 Å². The molecule has 17 heavy (non-hydrogen) atoms. The number of hydrogen-bond donors (Lipinski definition) is 2. The molecule has 0 aliphatic carbocycles. The first-order valence-corrected chi connectivity index (χ1v) is 5.98. The molecule has 0 rings (SSSR count). The summed E-state index contributed by atoms with van der Waals surface area (Å²) in [7, 11) is 0. The van der Waals surface area contributed by atoms with Gasteiger partial charge in [-0.1, -0.05) is 20.8 Å². The van der Waals surface area contributed by atoms with E-state index in [2.05, 4.69) is 5.32 Å². The van der Waals surface area contributed by atoms with Crippen molar-refractivity contribution in [2.45, 2.75) is 46.6 Å². The third kappa shape index (κ3) is 6.94. The van der Waals surface area contributed by atoms with Gasteiger partial charge in [-0.05, 0) is 18.8 Å². The van der Waals surface area contributed by atoms with E-state index in [1.54, 1.807) is 6.92 Å². The van der Waals surface area contributed by atoms with Gasteiger partial charge in [-0.15, -0.1) is 0 Å². The summed E-state index contributed by atoms with van der Waals surface area (Å²) in [4.78, 5) is 22.6. The summed E-state index contributed by atoms with van der Waals surface area (Å²) < 4.78 is 4.77. The Balaban J connectivity index is 3.76. The van der Waals surface area contributed by atoms with Crippen LogP contribution in [0.2, 0.25) is 0 Å². The van der Waals surface area contributed by atoms with Crippen molar-refractivity contribution in [2.24, 2.45) is 11.1 Å². The van der Waals surface area contributed by atoms with E-state index in [9.17, 15) is 9.59 Å². The molecule has 0 heterocycles. The predicted molar refractivity (Wildman–Crippen MR) is 66.3 cm³/mol. The first-order valence-electron chi connectivity index (χ1n) is 5.98. The van der Waals surface area contributed by atoms with Crippen molar-refractivity contribution in [2.75, 3.05) is 13.2 Å². The molecule has 100 valence electrons. The van der Waals surface area contributed by atoms with Crippen molar-refractivity contribution in [3.05, 3.63) is 0 Å². The van der Waals surface area contributed by atoms with E-state index < -0.39 is 6.04 Å². The lowest BCUT2D eigenvalue weighted by Crippen LogP contribution is -2.48. The molecule has 0 aromatic carbocycles. The fourth-order valence-electron chi connectivity index (χ4n) is 1.18. The van der Waals surface area contributed by atoms with Gasteiger partial charge in [0, 0.05) is 13.0 Å². The second-order valence-electron chi connectivity index (χ2n) is 5.04. The first kappa shape index (κ1) is 15.9. The van der Waals surface area contributed by atoms with Crippen LogP contribution in [0.5, 0.6) is 0 Å². The van der Waals surface area contributed by atoms with Gasteiger partial charge in [0.25, 0.3) is 0 Å². The van der Waals surface area contributed by atoms with E-state index >= 15 is 0 Å². The van der Waals surface area contributed by atoms with Crippen LogP contribution in [0.25, 0.3) is 0 Å². The average molecular weight is 244 g/mol. The molecule has 0 aliphatic rings. The molecule has 0 radical (unpaired) electrons. The highest BCUT2D eigenvalue weighted by atomic mass is 16.5. The molecule has 0 saturated carbocycles. The molecular formula is C12H24N2O3. The SMILES string of the molecule is CCOC(=O)CCCNC(=O)C(N)C(C)(C)C. The molecule has 0 saturated heterocycles. The van der Waals surface area contributed by atoms with E-state index in [1.165, 1.54) is 0 Å². The van der Waals surface area contributed by atoms with Crippen molar-refractivity contribution in [3.63, 3.8) is 0 Å². The Morgan fingerprint density at radius 1 is 1.35 bits per heavy atom. The van der Waals surface area contributed by atoms with Gasteiger partial charge in [0.05, 0.1) is 12.6 Å². The third-order valence-electron chi connectivity index (χ3n) is 2.38. The van der Waals surface area contributed by atoms with E-state index in [1.807, 2.05) is 20.8 Å². The summed E-state index contributed by atoms with van der Waals surface area (Å²) in [6, 6.07) is -0.537. The highest BCUT2D eigenvalue weighted by molar-refractivity contribution is 5.82. The molecule has 0 aromatic rings. The molecule has 0 aromatic heterocycles. The topological polar surface area (TPSA) is 81.4 Å². The number of hydrogen-bond acceptors (Lipinski definition) is 4. The minimum atomic E-state index is -0.537. The zero-order chi connectivity index (χ0) is 13.5. The van der Waals surface area contributed by atoms with E-state index in [-0.39, 0.29) is 17.3 Å². The Bertz CT molecular complexity index is 259. The Labute approximate surface area is 103 Å². The minimum absolute atomic E-state index is 0.179. The molecule has 0 spiro atoms. The zero-order valence-electron chi connectivity index (χ0n) is 11.2. The molecule has 0 aliphatic heterocycles. The van der Waals surface area contributed by atoms with Crippen molar-refractivity contribution < 1.29 is 14.3 Å². The molecule has 0 fully saturated rings. The van der Waals surface area contributed by atoms with Crippen LogP contribution in [0.15, 0.2) is 0 Å². The van der Waals surface area contributed by atoms with Crippen molar-refractivity contribution in [3.8, 4) is 0 Å². The van der Waals surface area contributed by atoms with Gasteiger partial charge in [0.15, 0.2) is 0 Å². The predicted octanol–water partition coefficient (Wildman–Crippen LogP) is 0.819. The molecule has 1 atom stereocenters. The molecule has 5 nitrogen and oxygen atoms in total. The van der Waals surface area contributed by atoms with Gasteiger partial charge in [0.2, 0.25) is 5.91 Å². The number of carbonyl (C=O) groups excluding carboxylic acids is 2. The monoisotopic (exact) mass is 244 g/mol. The minimum Gasteiger partial charge on any atom is -0.466 e. The Kier molecular flexibility index (Phi) is 6.80. The van der Waals surface area contributed by atoms with E-state index in [4.69, 9.17) is 10.5 Å². The van der Waals surface area contributed by atoms with Crippen LogP contribution >= 0.6 is 0 Å². The highest BCUT2D eigenvalue weighted by Crippen LogP contribution is 2.16. The number of amides is 1. The fraction of sp³-hybridized carbons (Fsp3) is 0.833. The second-order valence-corrected chi connectivity index (χ2v) is 5.04. The van der Waals surface area contributed by atoms with Crippen LogP contribution < -0.4 is 11.1 Å². The quantitative estimate of drug-likeness (QED) is 0.535. The van der Waals surface area contributed by atoms with Crippen LogP contribution in [0.1, 0.15) is 40.5 Å². The normalized spacial score (nSPS) is 13.0. The number of rotatable bonds is 6. The standard InChI is InChI=1S/C12H24N2O3/c1-5-17-9(15)7-6-8-14-11(16)10(13)12(2,3)4/h10H,5-8,13H2,1-4H3,(H,14,16). The van der Waals surface area contributed by atoms with Gasteiger partial charge in [0.1, 0.15) is 0 Å². The summed E-state index contributed by atoms with van der Waals surface area (Å²) in [6.07, 6.45) is 0.889. The van der Waals surface area contributed by atoms with Crippen LogP contribution in [-0.4, -0.2) is 31.1 Å².